The molecule has 1 aromatic carbocycles. The Balaban J connectivity index is 0.00000288. The molecule has 6 heteroatoms. The molecule has 0 aromatic heterocycles. The zero-order valence-corrected chi connectivity index (χ0v) is 15.2. The number of carbonyl (C=O) groups is 2. The van der Waals surface area contributed by atoms with Crippen LogP contribution in [0.5, 0.6) is 0 Å². The summed E-state index contributed by atoms with van der Waals surface area (Å²) in [6, 6.07) is 7.49. The first kappa shape index (κ1) is 20.6. The topological polar surface area (TPSA) is 61.4 Å². The maximum Gasteiger partial charge on any atom is 0.220 e. The fourth-order valence-electron chi connectivity index (χ4n) is 2.66. The minimum atomic E-state index is -0.0363. The van der Waals surface area contributed by atoms with Crippen LogP contribution in [0.2, 0.25) is 0 Å². The van der Waals surface area contributed by atoms with Gasteiger partial charge in [0, 0.05) is 51.1 Å². The van der Waals surface area contributed by atoms with E-state index in [4.69, 9.17) is 0 Å². The van der Waals surface area contributed by atoms with Gasteiger partial charge >= 0.3 is 0 Å². The van der Waals surface area contributed by atoms with Crippen molar-refractivity contribution in [2.75, 3.05) is 39.3 Å². The molecule has 24 heavy (non-hydrogen) atoms. The minimum Gasteiger partial charge on any atom is -0.356 e. The molecule has 0 atom stereocenters. The van der Waals surface area contributed by atoms with Crippen molar-refractivity contribution in [1.82, 2.24) is 15.5 Å². The summed E-state index contributed by atoms with van der Waals surface area (Å²) in [4.78, 5) is 26.2. The number of halogens is 1. The van der Waals surface area contributed by atoms with E-state index in [0.717, 1.165) is 44.7 Å². The predicted octanol–water partition coefficient (Wildman–Crippen LogP) is 1.79. The summed E-state index contributed by atoms with van der Waals surface area (Å²) in [6.07, 6.45) is 1.49. The Bertz CT molecular complexity index is 514. The van der Waals surface area contributed by atoms with Crippen molar-refractivity contribution >= 4 is 24.1 Å². The number of ketones is 1. The number of benzene rings is 1. The van der Waals surface area contributed by atoms with E-state index in [1.54, 1.807) is 0 Å². The SMILES string of the molecule is Cc1ccc(C(=O)CCC(=O)NCCCN2CCNCC2)cc1.Cl. The van der Waals surface area contributed by atoms with Crippen LogP contribution in [-0.2, 0) is 4.79 Å². The van der Waals surface area contributed by atoms with Crippen LogP contribution < -0.4 is 10.6 Å². The van der Waals surface area contributed by atoms with Gasteiger partial charge in [-0.1, -0.05) is 29.8 Å². The molecule has 5 nitrogen and oxygen atoms in total. The molecule has 0 spiro atoms. The number of hydrogen-bond acceptors (Lipinski definition) is 4. The lowest BCUT2D eigenvalue weighted by Gasteiger charge is -2.27. The van der Waals surface area contributed by atoms with Gasteiger partial charge in [-0.25, -0.2) is 0 Å². The number of nitrogens with one attached hydrogen (secondary N) is 2. The van der Waals surface area contributed by atoms with Crippen LogP contribution >= 0.6 is 12.4 Å². The number of aryl methyl sites for hydroxylation is 1. The summed E-state index contributed by atoms with van der Waals surface area (Å²) >= 11 is 0. The monoisotopic (exact) mass is 353 g/mol. The van der Waals surface area contributed by atoms with Gasteiger partial charge < -0.3 is 15.5 Å². The zero-order chi connectivity index (χ0) is 16.5. The van der Waals surface area contributed by atoms with Gasteiger partial charge in [0.2, 0.25) is 5.91 Å². The van der Waals surface area contributed by atoms with Crippen molar-refractivity contribution in [3.63, 3.8) is 0 Å². The quantitative estimate of drug-likeness (QED) is 0.552. The average Bonchev–Trinajstić information content (AvgIpc) is 2.58. The first-order chi connectivity index (χ1) is 11.1. The highest BCUT2D eigenvalue weighted by molar-refractivity contribution is 5.97. The van der Waals surface area contributed by atoms with E-state index < -0.39 is 0 Å². The minimum absolute atomic E-state index is 0. The van der Waals surface area contributed by atoms with Crippen LogP contribution in [-0.4, -0.2) is 55.9 Å². The van der Waals surface area contributed by atoms with Gasteiger partial charge in [-0.05, 0) is 19.9 Å². The third kappa shape index (κ3) is 7.43. The summed E-state index contributed by atoms with van der Waals surface area (Å²) in [5, 5.41) is 6.23. The molecule has 1 aliphatic heterocycles. The molecule has 1 saturated heterocycles. The maximum absolute atomic E-state index is 12.0. The first-order valence-corrected chi connectivity index (χ1v) is 8.45. The molecular weight excluding hydrogens is 326 g/mol. The third-order valence-corrected chi connectivity index (χ3v) is 4.14. The Kier molecular flexibility index (Phi) is 9.60. The number of Topliss-reactive ketones (excluding diaryl/α,β-unsaturated/α-hetero) is 1. The summed E-state index contributed by atoms with van der Waals surface area (Å²) in [5.41, 5.74) is 1.81. The maximum atomic E-state index is 12.0. The largest absolute Gasteiger partial charge is 0.356 e. The average molecular weight is 354 g/mol. The highest BCUT2D eigenvalue weighted by Crippen LogP contribution is 2.07. The van der Waals surface area contributed by atoms with E-state index >= 15 is 0 Å². The fourth-order valence-corrected chi connectivity index (χ4v) is 2.66. The number of carbonyl (C=O) groups excluding carboxylic acids is 2. The van der Waals surface area contributed by atoms with Gasteiger partial charge in [-0.15, -0.1) is 12.4 Å². The zero-order valence-electron chi connectivity index (χ0n) is 14.3. The Morgan fingerprint density at radius 1 is 1.12 bits per heavy atom. The lowest BCUT2D eigenvalue weighted by atomic mass is 10.1. The molecule has 1 aliphatic rings. The van der Waals surface area contributed by atoms with Gasteiger partial charge in [0.25, 0.3) is 0 Å². The lowest BCUT2D eigenvalue weighted by Crippen LogP contribution is -2.44. The van der Waals surface area contributed by atoms with E-state index in [2.05, 4.69) is 15.5 Å². The number of hydrogen-bond donors (Lipinski definition) is 2. The van der Waals surface area contributed by atoms with Gasteiger partial charge in [0.05, 0.1) is 0 Å². The summed E-state index contributed by atoms with van der Waals surface area (Å²) in [5.74, 6) is -0.00765. The molecule has 1 amide bonds. The van der Waals surface area contributed by atoms with E-state index in [-0.39, 0.29) is 36.9 Å². The second kappa shape index (κ2) is 11.2. The van der Waals surface area contributed by atoms with Gasteiger partial charge in [0.15, 0.2) is 5.78 Å². The van der Waals surface area contributed by atoms with Crippen LogP contribution in [0.3, 0.4) is 0 Å². The molecule has 1 aromatic rings. The molecule has 0 bridgehead atoms. The van der Waals surface area contributed by atoms with E-state index in [9.17, 15) is 9.59 Å². The molecule has 1 heterocycles. The van der Waals surface area contributed by atoms with Gasteiger partial charge in [0.1, 0.15) is 0 Å². The standard InChI is InChI=1S/C18H27N3O2.ClH/c1-15-3-5-16(6-4-15)17(22)7-8-18(23)20-9-2-12-21-13-10-19-11-14-21;/h3-6,19H,2,7-14H2,1H3,(H,20,23);1H. The van der Waals surface area contributed by atoms with Crippen molar-refractivity contribution in [2.24, 2.45) is 0 Å². The highest BCUT2D eigenvalue weighted by Gasteiger charge is 2.10. The molecular formula is C18H28ClN3O2. The summed E-state index contributed by atoms with van der Waals surface area (Å²) < 4.78 is 0. The molecule has 2 rings (SSSR count). The van der Waals surface area contributed by atoms with Crippen LogP contribution in [0.15, 0.2) is 24.3 Å². The number of nitrogens with zero attached hydrogens (tertiary/aromatic N) is 1. The smallest absolute Gasteiger partial charge is 0.220 e. The summed E-state index contributed by atoms with van der Waals surface area (Å²) in [6.45, 7) is 7.95. The van der Waals surface area contributed by atoms with E-state index in [0.29, 0.717) is 12.1 Å². The van der Waals surface area contributed by atoms with Crippen molar-refractivity contribution in [2.45, 2.75) is 26.2 Å². The molecule has 0 unspecified atom stereocenters. The van der Waals surface area contributed by atoms with E-state index in [1.165, 1.54) is 0 Å². The Morgan fingerprint density at radius 2 is 1.79 bits per heavy atom. The Labute approximate surface area is 150 Å². The lowest BCUT2D eigenvalue weighted by molar-refractivity contribution is -0.121. The first-order valence-electron chi connectivity index (χ1n) is 8.45. The van der Waals surface area contributed by atoms with Crippen molar-refractivity contribution in [3.8, 4) is 0 Å². The Morgan fingerprint density at radius 3 is 2.46 bits per heavy atom. The van der Waals surface area contributed by atoms with Crippen LogP contribution in [0.1, 0.15) is 35.2 Å². The second-order valence-electron chi connectivity index (χ2n) is 6.08. The van der Waals surface area contributed by atoms with Crippen molar-refractivity contribution < 1.29 is 9.59 Å². The molecule has 2 N–H and O–H groups in total. The number of piperazine rings is 1. The van der Waals surface area contributed by atoms with Crippen molar-refractivity contribution in [3.05, 3.63) is 35.4 Å². The number of rotatable bonds is 8. The van der Waals surface area contributed by atoms with Crippen LogP contribution in [0.4, 0.5) is 0 Å². The molecule has 0 saturated carbocycles. The molecule has 134 valence electrons. The fraction of sp³-hybridized carbons (Fsp3) is 0.556. The second-order valence-corrected chi connectivity index (χ2v) is 6.08. The van der Waals surface area contributed by atoms with Crippen molar-refractivity contribution in [1.29, 1.82) is 0 Å². The third-order valence-electron chi connectivity index (χ3n) is 4.14. The highest BCUT2D eigenvalue weighted by atomic mass is 35.5. The van der Waals surface area contributed by atoms with Crippen LogP contribution in [0, 0.1) is 6.92 Å². The summed E-state index contributed by atoms with van der Waals surface area (Å²) in [7, 11) is 0. The molecule has 0 aliphatic carbocycles. The number of amides is 1. The van der Waals surface area contributed by atoms with Gasteiger partial charge in [-0.3, -0.25) is 9.59 Å². The predicted molar refractivity (Wildman–Crippen MR) is 98.9 cm³/mol. The van der Waals surface area contributed by atoms with E-state index in [1.807, 2.05) is 31.2 Å². The Hall–Kier alpha value is -1.43. The normalized spacial score (nSPS) is 14.7. The van der Waals surface area contributed by atoms with Crippen LogP contribution in [0.25, 0.3) is 0 Å². The molecule has 1 fully saturated rings. The molecule has 0 radical (unpaired) electrons. The van der Waals surface area contributed by atoms with Gasteiger partial charge in [-0.2, -0.15) is 0 Å².